The van der Waals surface area contributed by atoms with Gasteiger partial charge in [-0.15, -0.1) is 0 Å². The summed E-state index contributed by atoms with van der Waals surface area (Å²) < 4.78 is 0. The first-order chi connectivity index (χ1) is 10.2. The van der Waals surface area contributed by atoms with Crippen LogP contribution in [0.15, 0.2) is 54.6 Å². The molecule has 3 heteroatoms. The van der Waals surface area contributed by atoms with Crippen molar-refractivity contribution in [2.45, 2.75) is 13.3 Å². The van der Waals surface area contributed by atoms with Crippen molar-refractivity contribution in [3.8, 4) is 0 Å². The molecule has 0 bridgehead atoms. The van der Waals surface area contributed by atoms with Crippen molar-refractivity contribution in [1.29, 1.82) is 0 Å². The monoisotopic (exact) mass is 282 g/mol. The zero-order chi connectivity index (χ0) is 15.1. The fourth-order valence-electron chi connectivity index (χ4n) is 2.22. The fourth-order valence-corrected chi connectivity index (χ4v) is 2.22. The summed E-state index contributed by atoms with van der Waals surface area (Å²) in [6.45, 7) is 3.65. The molecule has 0 aliphatic heterocycles. The molecule has 0 saturated heterocycles. The lowest BCUT2D eigenvalue weighted by Gasteiger charge is -2.23. The number of carbonyl (C=O) groups excluding carboxylic acids is 1. The van der Waals surface area contributed by atoms with Crippen molar-refractivity contribution in [3.63, 3.8) is 0 Å². The molecule has 21 heavy (non-hydrogen) atoms. The van der Waals surface area contributed by atoms with Gasteiger partial charge in [-0.1, -0.05) is 35.9 Å². The van der Waals surface area contributed by atoms with Gasteiger partial charge in [0.2, 0.25) is 0 Å². The highest BCUT2D eigenvalue weighted by Gasteiger charge is 2.16. The van der Waals surface area contributed by atoms with Crippen molar-refractivity contribution in [3.05, 3.63) is 65.7 Å². The Bertz CT molecular complexity index is 564. The van der Waals surface area contributed by atoms with Gasteiger partial charge in [0.05, 0.1) is 0 Å². The van der Waals surface area contributed by atoms with Gasteiger partial charge in [-0.05, 0) is 51.2 Å². The zero-order valence-corrected chi connectivity index (χ0v) is 12.7. The number of nitrogens with zero attached hydrogens (tertiary/aromatic N) is 1. The van der Waals surface area contributed by atoms with E-state index >= 15 is 0 Å². The quantitative estimate of drug-likeness (QED) is 0.825. The van der Waals surface area contributed by atoms with Crippen LogP contribution in [0.2, 0.25) is 0 Å². The van der Waals surface area contributed by atoms with E-state index in [0.29, 0.717) is 6.54 Å². The smallest absolute Gasteiger partial charge is 0.258 e. The van der Waals surface area contributed by atoms with Gasteiger partial charge in [0.25, 0.3) is 5.91 Å². The second-order valence-electron chi connectivity index (χ2n) is 5.12. The van der Waals surface area contributed by atoms with Gasteiger partial charge in [0.15, 0.2) is 0 Å². The van der Waals surface area contributed by atoms with Crippen LogP contribution in [0.5, 0.6) is 0 Å². The summed E-state index contributed by atoms with van der Waals surface area (Å²) in [5.74, 6) is 0.0514. The Labute approximate surface area is 126 Å². The summed E-state index contributed by atoms with van der Waals surface area (Å²) in [7, 11) is 1.93. The largest absolute Gasteiger partial charge is 0.320 e. The average molecular weight is 282 g/mol. The molecule has 3 nitrogen and oxygen atoms in total. The standard InChI is InChI=1S/C18H22N2O/c1-15-9-11-17(12-10-15)20(14-6-13-19-2)18(21)16-7-4-3-5-8-16/h3-5,7-12,19H,6,13-14H2,1-2H3. The van der Waals surface area contributed by atoms with E-state index in [1.165, 1.54) is 5.56 Å². The van der Waals surface area contributed by atoms with Crippen LogP contribution >= 0.6 is 0 Å². The summed E-state index contributed by atoms with van der Waals surface area (Å²) in [5.41, 5.74) is 2.87. The van der Waals surface area contributed by atoms with Crippen LogP contribution in [0.4, 0.5) is 5.69 Å². The minimum absolute atomic E-state index is 0.0514. The highest BCUT2D eigenvalue weighted by atomic mass is 16.2. The third kappa shape index (κ3) is 4.17. The number of anilines is 1. The van der Waals surface area contributed by atoms with Gasteiger partial charge in [0, 0.05) is 17.8 Å². The molecule has 0 saturated carbocycles. The molecule has 2 aromatic rings. The Morgan fingerprint density at radius 1 is 1.05 bits per heavy atom. The third-order valence-electron chi connectivity index (χ3n) is 3.42. The van der Waals surface area contributed by atoms with E-state index in [1.807, 2.05) is 73.5 Å². The molecular weight excluding hydrogens is 260 g/mol. The van der Waals surface area contributed by atoms with Crippen molar-refractivity contribution in [2.24, 2.45) is 0 Å². The number of aryl methyl sites for hydroxylation is 1. The molecule has 2 aromatic carbocycles. The number of nitrogens with one attached hydrogen (secondary N) is 1. The highest BCUT2D eigenvalue weighted by Crippen LogP contribution is 2.18. The fraction of sp³-hybridized carbons (Fsp3) is 0.278. The number of hydrogen-bond acceptors (Lipinski definition) is 2. The lowest BCUT2D eigenvalue weighted by Crippen LogP contribution is -2.33. The zero-order valence-electron chi connectivity index (χ0n) is 12.7. The molecule has 2 rings (SSSR count). The lowest BCUT2D eigenvalue weighted by atomic mass is 10.1. The molecular formula is C18H22N2O. The summed E-state index contributed by atoms with van der Waals surface area (Å²) >= 11 is 0. The summed E-state index contributed by atoms with van der Waals surface area (Å²) in [6.07, 6.45) is 0.920. The normalized spacial score (nSPS) is 10.4. The molecule has 0 aromatic heterocycles. The molecule has 1 N–H and O–H groups in total. The number of amides is 1. The number of rotatable bonds is 6. The van der Waals surface area contributed by atoms with Crippen molar-refractivity contribution >= 4 is 11.6 Å². The first-order valence-corrected chi connectivity index (χ1v) is 7.30. The molecule has 0 fully saturated rings. The van der Waals surface area contributed by atoms with Gasteiger partial charge in [-0.3, -0.25) is 4.79 Å². The first-order valence-electron chi connectivity index (χ1n) is 7.30. The highest BCUT2D eigenvalue weighted by molar-refractivity contribution is 6.06. The topological polar surface area (TPSA) is 32.3 Å². The Morgan fingerprint density at radius 2 is 1.71 bits per heavy atom. The van der Waals surface area contributed by atoms with Crippen LogP contribution < -0.4 is 10.2 Å². The maximum Gasteiger partial charge on any atom is 0.258 e. The molecule has 1 amide bonds. The predicted molar refractivity (Wildman–Crippen MR) is 87.8 cm³/mol. The second kappa shape index (κ2) is 7.60. The van der Waals surface area contributed by atoms with Gasteiger partial charge in [-0.2, -0.15) is 0 Å². The molecule has 0 atom stereocenters. The summed E-state index contributed by atoms with van der Waals surface area (Å²) in [6, 6.07) is 17.5. The van der Waals surface area contributed by atoms with Crippen molar-refractivity contribution in [1.82, 2.24) is 5.32 Å². The number of hydrogen-bond donors (Lipinski definition) is 1. The maximum atomic E-state index is 12.7. The minimum atomic E-state index is 0.0514. The molecule has 0 heterocycles. The van der Waals surface area contributed by atoms with Gasteiger partial charge < -0.3 is 10.2 Å². The molecule has 110 valence electrons. The average Bonchev–Trinajstić information content (AvgIpc) is 2.53. The number of benzene rings is 2. The first kappa shape index (κ1) is 15.3. The summed E-state index contributed by atoms with van der Waals surface area (Å²) in [4.78, 5) is 14.6. The Hall–Kier alpha value is -2.13. The van der Waals surface area contributed by atoms with E-state index < -0.39 is 0 Å². The van der Waals surface area contributed by atoms with E-state index in [9.17, 15) is 4.79 Å². The van der Waals surface area contributed by atoms with E-state index in [2.05, 4.69) is 5.32 Å². The number of carbonyl (C=O) groups is 1. The van der Waals surface area contributed by atoms with Gasteiger partial charge in [-0.25, -0.2) is 0 Å². The second-order valence-corrected chi connectivity index (χ2v) is 5.12. The van der Waals surface area contributed by atoms with Crippen molar-refractivity contribution < 1.29 is 4.79 Å². The van der Waals surface area contributed by atoms with Crippen molar-refractivity contribution in [2.75, 3.05) is 25.0 Å². The van der Waals surface area contributed by atoms with E-state index in [-0.39, 0.29) is 5.91 Å². The molecule has 0 unspecified atom stereocenters. The molecule has 0 spiro atoms. The van der Waals surface area contributed by atoms with E-state index in [0.717, 1.165) is 24.2 Å². The lowest BCUT2D eigenvalue weighted by molar-refractivity contribution is 0.0986. The Balaban J connectivity index is 2.23. The van der Waals surface area contributed by atoms with Gasteiger partial charge >= 0.3 is 0 Å². The van der Waals surface area contributed by atoms with Crippen LogP contribution in [0, 0.1) is 6.92 Å². The Morgan fingerprint density at radius 3 is 2.33 bits per heavy atom. The molecule has 0 radical (unpaired) electrons. The van der Waals surface area contributed by atoms with Gasteiger partial charge in [0.1, 0.15) is 0 Å². The van der Waals surface area contributed by atoms with Crippen LogP contribution in [0.1, 0.15) is 22.3 Å². The summed E-state index contributed by atoms with van der Waals surface area (Å²) in [5, 5.41) is 3.12. The molecule has 0 aliphatic carbocycles. The van der Waals surface area contributed by atoms with Crippen LogP contribution in [-0.4, -0.2) is 26.0 Å². The van der Waals surface area contributed by atoms with Crippen LogP contribution in [0.25, 0.3) is 0 Å². The maximum absolute atomic E-state index is 12.7. The van der Waals surface area contributed by atoms with E-state index in [1.54, 1.807) is 0 Å². The minimum Gasteiger partial charge on any atom is -0.320 e. The predicted octanol–water partition coefficient (Wildman–Crippen LogP) is 3.25. The molecule has 0 aliphatic rings. The van der Waals surface area contributed by atoms with Crippen LogP contribution in [0.3, 0.4) is 0 Å². The Kier molecular flexibility index (Phi) is 5.52. The SMILES string of the molecule is CNCCCN(C(=O)c1ccccc1)c1ccc(C)cc1. The van der Waals surface area contributed by atoms with Crippen LogP contribution in [-0.2, 0) is 0 Å². The van der Waals surface area contributed by atoms with E-state index in [4.69, 9.17) is 0 Å². The third-order valence-corrected chi connectivity index (χ3v) is 3.42.